The van der Waals surface area contributed by atoms with Gasteiger partial charge in [-0.05, 0) is 37.4 Å². The molecule has 1 heterocycles. The van der Waals surface area contributed by atoms with Crippen molar-refractivity contribution in [2.45, 2.75) is 38.8 Å². The minimum atomic E-state index is -2.87. The summed E-state index contributed by atoms with van der Waals surface area (Å²) in [6.45, 7) is 2.27. The van der Waals surface area contributed by atoms with Crippen LogP contribution in [0.4, 0.5) is 0 Å². The number of fused-ring (bicyclic) bond motifs is 1. The molecule has 5 heteroatoms. The molecule has 0 saturated carbocycles. The van der Waals surface area contributed by atoms with Gasteiger partial charge in [-0.2, -0.15) is 0 Å². The van der Waals surface area contributed by atoms with Crippen LogP contribution < -0.4 is 5.32 Å². The highest BCUT2D eigenvalue weighted by Gasteiger charge is 2.20. The molecule has 4 nitrogen and oxygen atoms in total. The molecule has 1 aromatic rings. The van der Waals surface area contributed by atoms with Gasteiger partial charge in [-0.3, -0.25) is 0 Å². The third-order valence-corrected chi connectivity index (χ3v) is 5.44. The summed E-state index contributed by atoms with van der Waals surface area (Å²) in [5.41, 5.74) is 2.71. The first kappa shape index (κ1) is 13.6. The van der Waals surface area contributed by atoms with E-state index >= 15 is 0 Å². The summed E-state index contributed by atoms with van der Waals surface area (Å²) in [5, 5.41) is 3.33. The molecule has 0 bridgehead atoms. The maximum Gasteiger partial charge on any atom is 0.151 e. The van der Waals surface area contributed by atoms with Crippen LogP contribution in [0.1, 0.15) is 36.9 Å². The first-order valence-electron chi connectivity index (χ1n) is 6.62. The summed E-state index contributed by atoms with van der Waals surface area (Å²) in [5.74, 6) is 0.467. The fourth-order valence-electron chi connectivity index (χ4n) is 2.57. The van der Waals surface area contributed by atoms with Gasteiger partial charge in [-0.15, -0.1) is 0 Å². The fourth-order valence-corrected chi connectivity index (χ4v) is 3.34. The Morgan fingerprint density at radius 3 is 2.89 bits per heavy atom. The van der Waals surface area contributed by atoms with Crippen molar-refractivity contribution in [2.75, 3.05) is 18.6 Å². The molecule has 1 aromatic heterocycles. The summed E-state index contributed by atoms with van der Waals surface area (Å²) in [7, 11) is -0.890. The van der Waals surface area contributed by atoms with Gasteiger partial charge in [0.1, 0.15) is 0 Å². The number of aryl methyl sites for hydroxylation is 2. The molecule has 0 amide bonds. The molecule has 102 valence electrons. The van der Waals surface area contributed by atoms with Crippen molar-refractivity contribution < 1.29 is 8.42 Å². The van der Waals surface area contributed by atoms with E-state index in [0.717, 1.165) is 6.42 Å². The van der Waals surface area contributed by atoms with Crippen LogP contribution in [0.2, 0.25) is 0 Å². The van der Waals surface area contributed by atoms with E-state index in [9.17, 15) is 8.42 Å². The topological polar surface area (TPSA) is 51.1 Å². The third-order valence-electron chi connectivity index (χ3n) is 3.76. The average molecular weight is 270 g/mol. The number of hydrogen-bond donors (Lipinski definition) is 1. The second kappa shape index (κ2) is 5.45. The molecule has 18 heavy (non-hydrogen) atoms. The number of rotatable bonds is 5. The lowest BCUT2D eigenvalue weighted by Gasteiger charge is -2.21. The van der Waals surface area contributed by atoms with E-state index in [1.165, 1.54) is 24.0 Å². The molecular weight excluding hydrogens is 248 g/mol. The van der Waals surface area contributed by atoms with Crippen molar-refractivity contribution in [3.63, 3.8) is 0 Å². The highest BCUT2D eigenvalue weighted by atomic mass is 32.2. The normalized spacial score (nSPS) is 19.8. The van der Waals surface area contributed by atoms with Crippen LogP contribution in [0.15, 0.2) is 12.4 Å². The first-order chi connectivity index (χ1) is 8.55. The molecule has 1 N–H and O–H groups in total. The van der Waals surface area contributed by atoms with E-state index in [0.29, 0.717) is 12.6 Å². The van der Waals surface area contributed by atoms with E-state index in [4.69, 9.17) is 0 Å². The zero-order valence-electron chi connectivity index (χ0n) is 11.1. The Morgan fingerprint density at radius 1 is 1.44 bits per heavy atom. The molecular formula is C13H22N2O2S. The summed E-state index contributed by atoms with van der Waals surface area (Å²) in [6.07, 6.45) is 7.71. The molecule has 1 unspecified atom stereocenters. The molecule has 0 saturated heterocycles. The maximum atomic E-state index is 11.5. The second-order valence-electron chi connectivity index (χ2n) is 4.95. The highest BCUT2D eigenvalue weighted by Crippen LogP contribution is 2.30. The zero-order valence-corrected chi connectivity index (χ0v) is 12.0. The molecule has 1 aliphatic carbocycles. The van der Waals surface area contributed by atoms with Crippen molar-refractivity contribution in [1.29, 1.82) is 0 Å². The monoisotopic (exact) mass is 270 g/mol. The minimum Gasteiger partial charge on any atom is -0.353 e. The van der Waals surface area contributed by atoms with Crippen LogP contribution in [0.5, 0.6) is 0 Å². The van der Waals surface area contributed by atoms with E-state index in [1.54, 1.807) is 6.92 Å². The van der Waals surface area contributed by atoms with Crippen LogP contribution in [0.25, 0.3) is 0 Å². The first-order valence-corrected chi connectivity index (χ1v) is 8.44. The van der Waals surface area contributed by atoms with Gasteiger partial charge in [0.05, 0.1) is 5.75 Å². The highest BCUT2D eigenvalue weighted by molar-refractivity contribution is 7.91. The second-order valence-corrected chi connectivity index (χ2v) is 7.42. The van der Waals surface area contributed by atoms with E-state index in [2.05, 4.69) is 17.7 Å². The van der Waals surface area contributed by atoms with Crippen LogP contribution in [0.3, 0.4) is 0 Å². The predicted molar refractivity (Wildman–Crippen MR) is 73.5 cm³/mol. The lowest BCUT2D eigenvalue weighted by Crippen LogP contribution is -2.20. The molecule has 2 rings (SSSR count). The van der Waals surface area contributed by atoms with Gasteiger partial charge in [0.15, 0.2) is 9.84 Å². The number of hydrogen-bond acceptors (Lipinski definition) is 3. The predicted octanol–water partition coefficient (Wildman–Crippen LogP) is 1.52. The van der Waals surface area contributed by atoms with Crippen molar-refractivity contribution in [2.24, 2.45) is 0 Å². The van der Waals surface area contributed by atoms with E-state index in [-0.39, 0.29) is 11.5 Å². The molecule has 0 aliphatic heterocycles. The molecule has 1 aliphatic rings. The SMILES string of the molecule is CCS(=O)(=O)CCn1cc2c(c1)C(NC)CCC2. The van der Waals surface area contributed by atoms with E-state index < -0.39 is 9.84 Å². The largest absolute Gasteiger partial charge is 0.353 e. The Kier molecular flexibility index (Phi) is 4.12. The lowest BCUT2D eigenvalue weighted by atomic mass is 9.91. The molecule has 0 radical (unpaired) electrons. The van der Waals surface area contributed by atoms with Crippen LogP contribution in [0, 0.1) is 0 Å². The number of aromatic nitrogens is 1. The van der Waals surface area contributed by atoms with Gasteiger partial charge in [-0.25, -0.2) is 8.42 Å². The van der Waals surface area contributed by atoms with Gasteiger partial charge in [0.25, 0.3) is 0 Å². The smallest absolute Gasteiger partial charge is 0.151 e. The van der Waals surface area contributed by atoms with Crippen LogP contribution >= 0.6 is 0 Å². The van der Waals surface area contributed by atoms with Crippen molar-refractivity contribution in [3.8, 4) is 0 Å². The standard InChI is InChI=1S/C13H22N2O2S/c1-3-18(16,17)8-7-15-9-11-5-4-6-13(14-2)12(11)10-15/h9-10,13-14H,3-8H2,1-2H3. The molecule has 0 aromatic carbocycles. The number of nitrogens with one attached hydrogen (secondary N) is 1. The van der Waals surface area contributed by atoms with Crippen molar-refractivity contribution in [3.05, 3.63) is 23.5 Å². The van der Waals surface area contributed by atoms with Crippen molar-refractivity contribution in [1.82, 2.24) is 9.88 Å². The number of sulfone groups is 1. The molecule has 1 atom stereocenters. The summed E-state index contributed by atoms with van der Waals surface area (Å²) in [4.78, 5) is 0. The summed E-state index contributed by atoms with van der Waals surface area (Å²) in [6, 6.07) is 0.429. The van der Waals surface area contributed by atoms with Gasteiger partial charge in [-0.1, -0.05) is 6.92 Å². The van der Waals surface area contributed by atoms with Crippen LogP contribution in [-0.2, 0) is 22.8 Å². The Hall–Kier alpha value is -0.810. The Morgan fingerprint density at radius 2 is 2.22 bits per heavy atom. The quantitative estimate of drug-likeness (QED) is 0.882. The number of nitrogens with zero attached hydrogens (tertiary/aromatic N) is 1. The summed E-state index contributed by atoms with van der Waals surface area (Å²) < 4.78 is 25.1. The average Bonchev–Trinajstić information content (AvgIpc) is 2.79. The Bertz CT molecular complexity index is 505. The zero-order chi connectivity index (χ0) is 13.2. The lowest BCUT2D eigenvalue weighted by molar-refractivity contribution is 0.498. The Balaban J connectivity index is 2.10. The minimum absolute atomic E-state index is 0.229. The maximum absolute atomic E-state index is 11.5. The fraction of sp³-hybridized carbons (Fsp3) is 0.692. The van der Waals surface area contributed by atoms with Crippen molar-refractivity contribution >= 4 is 9.84 Å². The van der Waals surface area contributed by atoms with Gasteiger partial charge < -0.3 is 9.88 Å². The van der Waals surface area contributed by atoms with Crippen LogP contribution in [-0.4, -0.2) is 31.5 Å². The summed E-state index contributed by atoms with van der Waals surface area (Å²) >= 11 is 0. The van der Waals surface area contributed by atoms with Gasteiger partial charge in [0, 0.05) is 30.7 Å². The van der Waals surface area contributed by atoms with Gasteiger partial charge >= 0.3 is 0 Å². The Labute approximate surface area is 109 Å². The van der Waals surface area contributed by atoms with Gasteiger partial charge in [0.2, 0.25) is 0 Å². The third kappa shape index (κ3) is 2.95. The molecule has 0 fully saturated rings. The van der Waals surface area contributed by atoms with E-state index in [1.807, 2.05) is 11.6 Å². The molecule has 0 spiro atoms.